The summed E-state index contributed by atoms with van der Waals surface area (Å²) >= 11 is 0. The van der Waals surface area contributed by atoms with E-state index in [4.69, 9.17) is 10.9 Å². The summed E-state index contributed by atoms with van der Waals surface area (Å²) in [7, 11) is 1.78. The fraction of sp³-hybridized carbons (Fsp3) is 0.375. The molecule has 0 saturated heterocycles. The molecular formula is C8H13N5O2. The van der Waals surface area contributed by atoms with Crippen LogP contribution in [-0.4, -0.2) is 26.7 Å². The van der Waals surface area contributed by atoms with Crippen LogP contribution in [0.25, 0.3) is 0 Å². The van der Waals surface area contributed by atoms with Gasteiger partial charge in [0.1, 0.15) is 5.84 Å². The van der Waals surface area contributed by atoms with Crippen LogP contribution in [0.15, 0.2) is 17.4 Å². The van der Waals surface area contributed by atoms with Gasteiger partial charge in [0.05, 0.1) is 18.7 Å². The van der Waals surface area contributed by atoms with E-state index in [1.807, 2.05) is 0 Å². The largest absolute Gasteiger partial charge is 0.409 e. The highest BCUT2D eigenvalue weighted by Gasteiger charge is 2.05. The Kier molecular flexibility index (Phi) is 3.67. The quantitative estimate of drug-likeness (QED) is 0.261. The third-order valence-electron chi connectivity index (χ3n) is 1.86. The highest BCUT2D eigenvalue weighted by Crippen LogP contribution is 1.95. The lowest BCUT2D eigenvalue weighted by atomic mass is 10.3. The predicted molar refractivity (Wildman–Crippen MR) is 53.1 cm³/mol. The Hall–Kier alpha value is -2.05. The zero-order valence-electron chi connectivity index (χ0n) is 8.34. The van der Waals surface area contributed by atoms with Crippen LogP contribution in [0, 0.1) is 0 Å². The third kappa shape index (κ3) is 3.29. The second-order valence-corrected chi connectivity index (χ2v) is 2.99. The Morgan fingerprint density at radius 2 is 2.53 bits per heavy atom. The predicted octanol–water partition coefficient (Wildman–Crippen LogP) is -0.827. The van der Waals surface area contributed by atoms with Gasteiger partial charge in [0.25, 0.3) is 0 Å². The first kappa shape index (κ1) is 11.0. The molecule has 0 saturated carbocycles. The third-order valence-corrected chi connectivity index (χ3v) is 1.86. The van der Waals surface area contributed by atoms with Gasteiger partial charge in [-0.1, -0.05) is 5.16 Å². The number of oxime groups is 1. The summed E-state index contributed by atoms with van der Waals surface area (Å²) in [4.78, 5) is 11.2. The topological polar surface area (TPSA) is 106 Å². The first-order valence-corrected chi connectivity index (χ1v) is 4.33. The molecule has 1 rings (SSSR count). The first-order chi connectivity index (χ1) is 7.13. The van der Waals surface area contributed by atoms with Crippen molar-refractivity contribution in [3.63, 3.8) is 0 Å². The van der Waals surface area contributed by atoms with Crippen LogP contribution in [-0.2, 0) is 18.4 Å². The van der Waals surface area contributed by atoms with Crippen LogP contribution in [0.4, 0.5) is 0 Å². The zero-order valence-corrected chi connectivity index (χ0v) is 8.34. The molecule has 82 valence electrons. The molecule has 1 amide bonds. The molecule has 0 unspecified atom stereocenters. The summed E-state index contributed by atoms with van der Waals surface area (Å²) in [6.07, 6.45) is 1.53. The van der Waals surface area contributed by atoms with Gasteiger partial charge in [0, 0.05) is 13.2 Å². The molecule has 0 fully saturated rings. The maximum absolute atomic E-state index is 11.2. The second kappa shape index (κ2) is 4.99. The van der Waals surface area contributed by atoms with E-state index in [-0.39, 0.29) is 18.2 Å². The molecule has 1 heterocycles. The summed E-state index contributed by atoms with van der Waals surface area (Å²) in [6.45, 7) is 0.369. The summed E-state index contributed by atoms with van der Waals surface area (Å²) in [6, 6.07) is 1.80. The van der Waals surface area contributed by atoms with Crippen molar-refractivity contribution in [3.05, 3.63) is 18.0 Å². The molecule has 0 atom stereocenters. The molecule has 1 aromatic rings. The number of carbonyl (C=O) groups is 1. The van der Waals surface area contributed by atoms with Gasteiger partial charge in [-0.2, -0.15) is 5.10 Å². The van der Waals surface area contributed by atoms with Gasteiger partial charge in [-0.3, -0.25) is 9.48 Å². The molecular weight excluding hydrogens is 198 g/mol. The van der Waals surface area contributed by atoms with Gasteiger partial charge in [-0.05, 0) is 6.07 Å². The first-order valence-electron chi connectivity index (χ1n) is 4.33. The van der Waals surface area contributed by atoms with Gasteiger partial charge in [-0.25, -0.2) is 0 Å². The van der Waals surface area contributed by atoms with E-state index in [0.717, 1.165) is 5.69 Å². The molecule has 0 aliphatic carbocycles. The van der Waals surface area contributed by atoms with Crippen molar-refractivity contribution in [3.8, 4) is 0 Å². The van der Waals surface area contributed by atoms with Crippen LogP contribution in [0.3, 0.4) is 0 Å². The van der Waals surface area contributed by atoms with Gasteiger partial charge in [0.2, 0.25) is 5.91 Å². The maximum Gasteiger partial charge on any atom is 0.228 e. The lowest BCUT2D eigenvalue weighted by Gasteiger charge is -2.04. The minimum absolute atomic E-state index is 0.113. The fourth-order valence-corrected chi connectivity index (χ4v) is 1.03. The Bertz CT molecular complexity index is 371. The van der Waals surface area contributed by atoms with Crippen molar-refractivity contribution in [1.82, 2.24) is 15.1 Å². The number of rotatable bonds is 4. The smallest absolute Gasteiger partial charge is 0.228 e. The molecule has 0 radical (unpaired) electrons. The SMILES string of the molecule is Cn1nccc1CNC(=O)CC(N)=NO. The van der Waals surface area contributed by atoms with Gasteiger partial charge in [0.15, 0.2) is 0 Å². The molecule has 1 aromatic heterocycles. The van der Waals surface area contributed by atoms with E-state index in [1.165, 1.54) is 0 Å². The molecule has 0 bridgehead atoms. The number of nitrogens with one attached hydrogen (secondary N) is 1. The summed E-state index contributed by atoms with van der Waals surface area (Å²) < 4.78 is 1.66. The van der Waals surface area contributed by atoms with Gasteiger partial charge >= 0.3 is 0 Å². The highest BCUT2D eigenvalue weighted by atomic mass is 16.4. The van der Waals surface area contributed by atoms with E-state index < -0.39 is 0 Å². The number of aryl methyl sites for hydroxylation is 1. The Balaban J connectivity index is 2.38. The molecule has 0 aromatic carbocycles. The number of nitrogens with zero attached hydrogens (tertiary/aromatic N) is 3. The second-order valence-electron chi connectivity index (χ2n) is 2.99. The van der Waals surface area contributed by atoms with E-state index in [9.17, 15) is 4.79 Å². The molecule has 7 heteroatoms. The molecule has 0 aliphatic rings. The Morgan fingerprint density at radius 1 is 1.80 bits per heavy atom. The lowest BCUT2D eigenvalue weighted by molar-refractivity contribution is -0.120. The van der Waals surface area contributed by atoms with Crippen molar-refractivity contribution in [2.45, 2.75) is 13.0 Å². The molecule has 15 heavy (non-hydrogen) atoms. The monoisotopic (exact) mass is 211 g/mol. The number of hydrogen-bond acceptors (Lipinski definition) is 4. The highest BCUT2D eigenvalue weighted by molar-refractivity contribution is 5.98. The zero-order chi connectivity index (χ0) is 11.3. The van der Waals surface area contributed by atoms with Crippen molar-refractivity contribution in [2.75, 3.05) is 0 Å². The van der Waals surface area contributed by atoms with E-state index >= 15 is 0 Å². The number of nitrogens with two attached hydrogens (primary N) is 1. The van der Waals surface area contributed by atoms with Crippen molar-refractivity contribution in [1.29, 1.82) is 0 Å². The number of carbonyl (C=O) groups excluding carboxylic acids is 1. The Morgan fingerprint density at radius 3 is 3.07 bits per heavy atom. The van der Waals surface area contributed by atoms with Crippen LogP contribution in [0.1, 0.15) is 12.1 Å². The van der Waals surface area contributed by atoms with E-state index in [2.05, 4.69) is 15.6 Å². The minimum atomic E-state index is -0.300. The number of hydrogen-bond donors (Lipinski definition) is 3. The average molecular weight is 211 g/mol. The molecule has 7 nitrogen and oxygen atoms in total. The van der Waals surface area contributed by atoms with Crippen LogP contribution in [0.5, 0.6) is 0 Å². The summed E-state index contributed by atoms with van der Waals surface area (Å²) in [5.74, 6) is -0.413. The Labute approximate surface area is 86.6 Å². The molecule has 4 N–H and O–H groups in total. The van der Waals surface area contributed by atoms with Gasteiger partial charge in [-0.15, -0.1) is 0 Å². The maximum atomic E-state index is 11.2. The van der Waals surface area contributed by atoms with Crippen molar-refractivity contribution in [2.24, 2.45) is 17.9 Å². The molecule has 0 aliphatic heterocycles. The van der Waals surface area contributed by atoms with Gasteiger partial charge < -0.3 is 16.3 Å². The number of amides is 1. The van der Waals surface area contributed by atoms with E-state index in [0.29, 0.717) is 6.54 Å². The standard InChI is InChI=1S/C8H13N5O2/c1-13-6(2-3-11-13)5-10-8(14)4-7(9)12-15/h2-3,15H,4-5H2,1H3,(H2,9,12)(H,10,14). The minimum Gasteiger partial charge on any atom is -0.409 e. The van der Waals surface area contributed by atoms with E-state index in [1.54, 1.807) is 24.0 Å². The van der Waals surface area contributed by atoms with Crippen LogP contribution >= 0.6 is 0 Å². The van der Waals surface area contributed by atoms with Crippen LogP contribution < -0.4 is 11.1 Å². The van der Waals surface area contributed by atoms with Crippen LogP contribution in [0.2, 0.25) is 0 Å². The number of amidine groups is 1. The average Bonchev–Trinajstić information content (AvgIpc) is 2.61. The fourth-order valence-electron chi connectivity index (χ4n) is 1.03. The van der Waals surface area contributed by atoms with Crippen molar-refractivity contribution >= 4 is 11.7 Å². The normalized spacial score (nSPS) is 11.4. The lowest BCUT2D eigenvalue weighted by Crippen LogP contribution is -2.28. The van der Waals surface area contributed by atoms with Crippen molar-refractivity contribution < 1.29 is 10.0 Å². The number of aromatic nitrogens is 2. The summed E-state index contributed by atoms with van der Waals surface area (Å²) in [5.41, 5.74) is 6.05. The molecule has 0 spiro atoms. The summed E-state index contributed by atoms with van der Waals surface area (Å²) in [5, 5.41) is 17.5.